The third-order valence-electron chi connectivity index (χ3n) is 4.18. The summed E-state index contributed by atoms with van der Waals surface area (Å²) in [6, 6.07) is 0.549. The van der Waals surface area contributed by atoms with Crippen molar-refractivity contribution >= 4 is 5.84 Å². The molecule has 0 amide bonds. The Morgan fingerprint density at radius 3 is 3.06 bits per heavy atom. The van der Waals surface area contributed by atoms with E-state index < -0.39 is 0 Å². The highest BCUT2D eigenvalue weighted by Gasteiger charge is 2.37. The summed E-state index contributed by atoms with van der Waals surface area (Å²) in [5.74, 6) is 0.994. The van der Waals surface area contributed by atoms with E-state index in [1.54, 1.807) is 0 Å². The maximum atomic E-state index is 6.27. The highest BCUT2D eigenvalue weighted by atomic mass is 15.6. The van der Waals surface area contributed by atoms with Crippen LogP contribution in [0.4, 0.5) is 0 Å². The van der Waals surface area contributed by atoms with Crippen molar-refractivity contribution in [3.63, 3.8) is 0 Å². The fourth-order valence-electron chi connectivity index (χ4n) is 3.07. The van der Waals surface area contributed by atoms with Gasteiger partial charge in [0.2, 0.25) is 0 Å². The highest BCUT2D eigenvalue weighted by Crippen LogP contribution is 2.21. The van der Waals surface area contributed by atoms with Gasteiger partial charge in [-0.3, -0.25) is 9.89 Å². The van der Waals surface area contributed by atoms with Crippen molar-refractivity contribution in [1.82, 2.24) is 20.7 Å². The van der Waals surface area contributed by atoms with E-state index in [0.717, 1.165) is 45.2 Å². The lowest BCUT2D eigenvalue weighted by Crippen LogP contribution is -2.44. The van der Waals surface area contributed by atoms with Crippen molar-refractivity contribution in [2.45, 2.75) is 31.3 Å². The minimum atomic E-state index is 0.0852. The monoisotopic (exact) mass is 252 g/mol. The molecule has 3 rings (SSSR count). The molecule has 0 spiro atoms. The fraction of sp³-hybridized carbons (Fsp3) is 0.917. The van der Waals surface area contributed by atoms with Crippen LogP contribution in [0.15, 0.2) is 4.99 Å². The van der Waals surface area contributed by atoms with Crippen molar-refractivity contribution in [3.8, 4) is 0 Å². The standard InChI is InChI=1S/C12H24N6/c13-11-10-3-1-2-6-18(10)16-12(11)15-5-8-17-7-4-14-9-17/h10-11,14H,1-9,13H2,(H,15,16). The van der Waals surface area contributed by atoms with Gasteiger partial charge in [0.05, 0.1) is 18.6 Å². The normalized spacial score (nSPS) is 35.9. The van der Waals surface area contributed by atoms with Crippen molar-refractivity contribution in [1.29, 1.82) is 0 Å². The first-order chi connectivity index (χ1) is 8.84. The van der Waals surface area contributed by atoms with Gasteiger partial charge in [0.15, 0.2) is 0 Å². The number of nitrogens with one attached hydrogen (secondary N) is 2. The lowest BCUT2D eigenvalue weighted by Gasteiger charge is -2.29. The number of hydrazine groups is 1. The summed E-state index contributed by atoms with van der Waals surface area (Å²) in [4.78, 5) is 7.05. The first-order valence-electron chi connectivity index (χ1n) is 7.11. The molecule has 0 bridgehead atoms. The Morgan fingerprint density at radius 1 is 1.33 bits per heavy atom. The molecule has 2 atom stereocenters. The first kappa shape index (κ1) is 12.3. The van der Waals surface area contributed by atoms with E-state index >= 15 is 0 Å². The maximum absolute atomic E-state index is 6.27. The molecule has 0 aliphatic carbocycles. The zero-order valence-corrected chi connectivity index (χ0v) is 10.9. The quantitative estimate of drug-likeness (QED) is 0.598. The number of piperidine rings is 1. The van der Waals surface area contributed by atoms with Crippen LogP contribution in [-0.2, 0) is 0 Å². The molecule has 0 aromatic heterocycles. The molecule has 3 fully saturated rings. The van der Waals surface area contributed by atoms with E-state index in [1.807, 2.05) is 0 Å². The summed E-state index contributed by atoms with van der Waals surface area (Å²) in [6.07, 6.45) is 3.76. The largest absolute Gasteiger partial charge is 0.320 e. The zero-order valence-electron chi connectivity index (χ0n) is 10.9. The van der Waals surface area contributed by atoms with E-state index in [0.29, 0.717) is 6.04 Å². The molecule has 18 heavy (non-hydrogen) atoms. The molecular weight excluding hydrogens is 228 g/mol. The van der Waals surface area contributed by atoms with Gasteiger partial charge in [0.25, 0.3) is 0 Å². The number of amidine groups is 1. The van der Waals surface area contributed by atoms with Crippen LogP contribution in [-0.4, -0.2) is 67.2 Å². The van der Waals surface area contributed by atoms with Gasteiger partial charge >= 0.3 is 0 Å². The first-order valence-corrected chi connectivity index (χ1v) is 7.11. The van der Waals surface area contributed by atoms with Crippen molar-refractivity contribution in [2.75, 3.05) is 39.4 Å². The van der Waals surface area contributed by atoms with E-state index in [9.17, 15) is 0 Å². The molecule has 0 aromatic carbocycles. The van der Waals surface area contributed by atoms with Crippen molar-refractivity contribution < 1.29 is 0 Å². The Balaban J connectivity index is 1.52. The highest BCUT2D eigenvalue weighted by molar-refractivity contribution is 5.89. The molecule has 4 N–H and O–H groups in total. The second-order valence-corrected chi connectivity index (χ2v) is 5.44. The molecule has 0 aromatic rings. The van der Waals surface area contributed by atoms with Crippen LogP contribution in [0, 0.1) is 0 Å². The Labute approximate surface area is 109 Å². The number of nitrogens with two attached hydrogens (primary N) is 1. The summed E-state index contributed by atoms with van der Waals surface area (Å²) in [6.45, 7) is 6.21. The van der Waals surface area contributed by atoms with Crippen LogP contribution in [0.3, 0.4) is 0 Å². The predicted molar refractivity (Wildman–Crippen MR) is 72.2 cm³/mol. The summed E-state index contributed by atoms with van der Waals surface area (Å²) in [7, 11) is 0. The Kier molecular flexibility index (Phi) is 3.79. The minimum Gasteiger partial charge on any atom is -0.320 e. The molecule has 102 valence electrons. The number of fused-ring (bicyclic) bond motifs is 1. The van der Waals surface area contributed by atoms with Crippen LogP contribution in [0.5, 0.6) is 0 Å². The van der Waals surface area contributed by atoms with Gasteiger partial charge < -0.3 is 16.5 Å². The van der Waals surface area contributed by atoms with Gasteiger partial charge in [-0.15, -0.1) is 0 Å². The topological polar surface area (TPSA) is 68.9 Å². The van der Waals surface area contributed by atoms with E-state index in [-0.39, 0.29) is 6.04 Å². The summed E-state index contributed by atoms with van der Waals surface area (Å²) in [5, 5.41) is 5.61. The average Bonchev–Trinajstić information content (AvgIpc) is 3.00. The molecule has 3 heterocycles. The van der Waals surface area contributed by atoms with E-state index in [1.165, 1.54) is 19.3 Å². The number of nitrogens with zero attached hydrogens (tertiary/aromatic N) is 3. The molecule has 2 unspecified atom stereocenters. The zero-order chi connectivity index (χ0) is 12.4. The lowest BCUT2D eigenvalue weighted by molar-refractivity contribution is 0.143. The van der Waals surface area contributed by atoms with Crippen LogP contribution >= 0.6 is 0 Å². The third-order valence-corrected chi connectivity index (χ3v) is 4.18. The second-order valence-electron chi connectivity index (χ2n) is 5.44. The number of rotatable bonds is 3. The molecule has 6 nitrogen and oxygen atoms in total. The molecule has 3 aliphatic rings. The maximum Gasteiger partial charge on any atom is 0.130 e. The summed E-state index contributed by atoms with van der Waals surface area (Å²) < 4.78 is 0. The Morgan fingerprint density at radius 2 is 2.28 bits per heavy atom. The van der Waals surface area contributed by atoms with Gasteiger partial charge in [-0.2, -0.15) is 0 Å². The number of aliphatic imine (C=N–C) groups is 1. The van der Waals surface area contributed by atoms with Gasteiger partial charge in [0, 0.05) is 32.8 Å². The van der Waals surface area contributed by atoms with Gasteiger partial charge in [-0.05, 0) is 12.8 Å². The van der Waals surface area contributed by atoms with Crippen LogP contribution < -0.4 is 16.5 Å². The molecule has 0 radical (unpaired) electrons. The molecule has 3 saturated heterocycles. The fourth-order valence-corrected chi connectivity index (χ4v) is 3.07. The van der Waals surface area contributed by atoms with Gasteiger partial charge in [-0.25, -0.2) is 5.01 Å². The number of hydrogen-bond acceptors (Lipinski definition) is 5. The SMILES string of the molecule is NC1C(=NCCN2CCNC2)NN2CCCCC12. The molecule has 0 saturated carbocycles. The smallest absolute Gasteiger partial charge is 0.130 e. The van der Waals surface area contributed by atoms with Gasteiger partial charge in [0.1, 0.15) is 5.84 Å². The lowest BCUT2D eigenvalue weighted by atomic mass is 9.99. The van der Waals surface area contributed by atoms with Crippen molar-refractivity contribution in [3.05, 3.63) is 0 Å². The molecular formula is C12H24N6. The van der Waals surface area contributed by atoms with Gasteiger partial charge in [-0.1, -0.05) is 6.42 Å². The predicted octanol–water partition coefficient (Wildman–Crippen LogP) is -1.05. The average molecular weight is 252 g/mol. The second kappa shape index (κ2) is 5.52. The minimum absolute atomic E-state index is 0.0852. The summed E-state index contributed by atoms with van der Waals surface area (Å²) in [5.41, 5.74) is 9.66. The van der Waals surface area contributed by atoms with Crippen LogP contribution in [0.25, 0.3) is 0 Å². The molecule has 3 aliphatic heterocycles. The van der Waals surface area contributed by atoms with E-state index in [2.05, 4.69) is 25.6 Å². The summed E-state index contributed by atoms with van der Waals surface area (Å²) >= 11 is 0. The Bertz CT molecular complexity index is 312. The number of hydrogen-bond donors (Lipinski definition) is 3. The van der Waals surface area contributed by atoms with Crippen molar-refractivity contribution in [2.24, 2.45) is 10.7 Å². The van der Waals surface area contributed by atoms with Crippen LogP contribution in [0.1, 0.15) is 19.3 Å². The van der Waals surface area contributed by atoms with E-state index in [4.69, 9.17) is 5.73 Å². The van der Waals surface area contributed by atoms with Crippen LogP contribution in [0.2, 0.25) is 0 Å². The Hall–Kier alpha value is -0.690. The third kappa shape index (κ3) is 2.51. The molecule has 6 heteroatoms.